The molecular formula is C11H13BrN2OS. The van der Waals surface area contributed by atoms with Crippen LogP contribution in [-0.4, -0.2) is 40.4 Å². The molecule has 1 unspecified atom stereocenters. The first-order valence-electron chi connectivity index (χ1n) is 5.15. The molecule has 2 heterocycles. The van der Waals surface area contributed by atoms with Crippen molar-refractivity contribution in [3.8, 4) is 0 Å². The predicted molar refractivity (Wildman–Crippen MR) is 69.8 cm³/mol. The van der Waals surface area contributed by atoms with Crippen LogP contribution in [0.3, 0.4) is 0 Å². The molecule has 16 heavy (non-hydrogen) atoms. The molecule has 1 aliphatic heterocycles. The summed E-state index contributed by atoms with van der Waals surface area (Å²) in [6.45, 7) is 0. The van der Waals surface area contributed by atoms with Gasteiger partial charge in [0.25, 0.3) is 5.91 Å². The van der Waals surface area contributed by atoms with Gasteiger partial charge >= 0.3 is 0 Å². The molecule has 1 aliphatic rings. The normalized spacial score (nSPS) is 19.8. The fourth-order valence-corrected chi connectivity index (χ4v) is 3.20. The Morgan fingerprint density at radius 3 is 3.00 bits per heavy atom. The van der Waals surface area contributed by atoms with E-state index in [2.05, 4.69) is 20.9 Å². The Bertz CT molecular complexity index is 376. The molecule has 5 heteroatoms. The number of carbonyl (C=O) groups excluding carboxylic acids is 1. The summed E-state index contributed by atoms with van der Waals surface area (Å²) in [5.41, 5.74) is 0.655. The zero-order valence-electron chi connectivity index (χ0n) is 9.02. The Kier molecular flexibility index (Phi) is 3.86. The standard InChI is InChI=1S/C11H13BrN2OS/c1-14(9-4-5-16-7-9)11(15)8-2-3-10(12)13-6-8/h2-3,6,9H,4-5,7H2,1H3. The van der Waals surface area contributed by atoms with Gasteiger partial charge in [-0.05, 0) is 40.2 Å². The molecule has 1 amide bonds. The van der Waals surface area contributed by atoms with E-state index in [1.165, 1.54) is 0 Å². The number of hydrogen-bond donors (Lipinski definition) is 0. The van der Waals surface area contributed by atoms with E-state index in [0.717, 1.165) is 22.5 Å². The molecule has 86 valence electrons. The first kappa shape index (κ1) is 11.9. The van der Waals surface area contributed by atoms with Crippen molar-refractivity contribution in [3.05, 3.63) is 28.5 Å². The first-order valence-corrected chi connectivity index (χ1v) is 7.09. The Labute approximate surface area is 108 Å². The second-order valence-corrected chi connectivity index (χ2v) is 5.77. The molecule has 1 atom stereocenters. The Balaban J connectivity index is 2.08. The van der Waals surface area contributed by atoms with Crippen LogP contribution in [0.5, 0.6) is 0 Å². The maximum atomic E-state index is 12.1. The maximum absolute atomic E-state index is 12.1. The molecule has 0 N–H and O–H groups in total. The van der Waals surface area contributed by atoms with Gasteiger partial charge in [-0.3, -0.25) is 4.79 Å². The van der Waals surface area contributed by atoms with Crippen LogP contribution >= 0.6 is 27.7 Å². The fourth-order valence-electron chi connectivity index (χ4n) is 1.70. The number of amides is 1. The quantitative estimate of drug-likeness (QED) is 0.787. The minimum Gasteiger partial charge on any atom is -0.338 e. The largest absolute Gasteiger partial charge is 0.338 e. The third kappa shape index (κ3) is 2.58. The third-order valence-electron chi connectivity index (χ3n) is 2.75. The van der Waals surface area contributed by atoms with E-state index in [1.54, 1.807) is 18.3 Å². The van der Waals surface area contributed by atoms with Gasteiger partial charge in [-0.2, -0.15) is 11.8 Å². The molecule has 0 aliphatic carbocycles. The second-order valence-electron chi connectivity index (χ2n) is 3.80. The number of thioether (sulfide) groups is 1. The number of aromatic nitrogens is 1. The average molecular weight is 301 g/mol. The Morgan fingerprint density at radius 2 is 2.44 bits per heavy atom. The molecule has 1 aromatic heterocycles. The van der Waals surface area contributed by atoms with Crippen molar-refractivity contribution < 1.29 is 4.79 Å². The molecule has 2 rings (SSSR count). The van der Waals surface area contributed by atoms with E-state index in [4.69, 9.17) is 0 Å². The van der Waals surface area contributed by atoms with Crippen molar-refractivity contribution in [2.24, 2.45) is 0 Å². The van der Waals surface area contributed by atoms with Crippen LogP contribution < -0.4 is 0 Å². The van der Waals surface area contributed by atoms with Gasteiger partial charge in [0.1, 0.15) is 4.60 Å². The minimum absolute atomic E-state index is 0.0625. The molecule has 0 spiro atoms. The van der Waals surface area contributed by atoms with E-state index in [-0.39, 0.29) is 5.91 Å². The minimum atomic E-state index is 0.0625. The highest BCUT2D eigenvalue weighted by molar-refractivity contribution is 9.10. The number of halogens is 1. The van der Waals surface area contributed by atoms with Gasteiger partial charge in [-0.1, -0.05) is 0 Å². The molecule has 0 aromatic carbocycles. The highest BCUT2D eigenvalue weighted by Crippen LogP contribution is 2.22. The zero-order valence-corrected chi connectivity index (χ0v) is 11.4. The maximum Gasteiger partial charge on any atom is 0.255 e. The summed E-state index contributed by atoms with van der Waals surface area (Å²) in [5, 5.41) is 0. The van der Waals surface area contributed by atoms with E-state index in [1.807, 2.05) is 23.7 Å². The Morgan fingerprint density at radius 1 is 1.62 bits per heavy atom. The third-order valence-corrected chi connectivity index (χ3v) is 4.36. The van der Waals surface area contributed by atoms with Gasteiger partial charge in [0.2, 0.25) is 0 Å². The highest BCUT2D eigenvalue weighted by atomic mass is 79.9. The van der Waals surface area contributed by atoms with Crippen LogP contribution in [-0.2, 0) is 0 Å². The average Bonchev–Trinajstić information content (AvgIpc) is 2.81. The number of hydrogen-bond acceptors (Lipinski definition) is 3. The van der Waals surface area contributed by atoms with Gasteiger partial charge in [0.05, 0.1) is 5.56 Å². The summed E-state index contributed by atoms with van der Waals surface area (Å²) in [5.74, 6) is 2.26. The van der Waals surface area contributed by atoms with Crippen molar-refractivity contribution in [2.45, 2.75) is 12.5 Å². The summed E-state index contributed by atoms with van der Waals surface area (Å²) in [4.78, 5) is 18.0. The summed E-state index contributed by atoms with van der Waals surface area (Å²) in [7, 11) is 1.88. The van der Waals surface area contributed by atoms with E-state index >= 15 is 0 Å². The lowest BCUT2D eigenvalue weighted by Crippen LogP contribution is -2.37. The molecule has 0 radical (unpaired) electrons. The molecule has 1 aromatic rings. The summed E-state index contributed by atoms with van der Waals surface area (Å²) in [6, 6.07) is 3.98. The second kappa shape index (κ2) is 5.19. The molecule has 1 saturated heterocycles. The number of carbonyl (C=O) groups is 1. The molecule has 0 bridgehead atoms. The summed E-state index contributed by atoms with van der Waals surface area (Å²) >= 11 is 5.17. The lowest BCUT2D eigenvalue weighted by atomic mass is 10.2. The first-order chi connectivity index (χ1) is 7.68. The van der Waals surface area contributed by atoms with E-state index in [9.17, 15) is 4.79 Å². The van der Waals surface area contributed by atoms with Crippen LogP contribution in [0.2, 0.25) is 0 Å². The number of pyridine rings is 1. The summed E-state index contributed by atoms with van der Waals surface area (Å²) in [6.07, 6.45) is 2.71. The highest BCUT2D eigenvalue weighted by Gasteiger charge is 2.24. The lowest BCUT2D eigenvalue weighted by Gasteiger charge is -2.23. The van der Waals surface area contributed by atoms with Gasteiger partial charge in [-0.15, -0.1) is 0 Å². The predicted octanol–water partition coefficient (Wildman–Crippen LogP) is 2.42. The van der Waals surface area contributed by atoms with Crippen LogP contribution in [0.25, 0.3) is 0 Å². The zero-order chi connectivity index (χ0) is 11.5. The van der Waals surface area contributed by atoms with E-state index in [0.29, 0.717) is 11.6 Å². The van der Waals surface area contributed by atoms with Crippen molar-refractivity contribution in [3.63, 3.8) is 0 Å². The van der Waals surface area contributed by atoms with Crippen molar-refractivity contribution in [1.82, 2.24) is 9.88 Å². The lowest BCUT2D eigenvalue weighted by molar-refractivity contribution is 0.0747. The van der Waals surface area contributed by atoms with Gasteiger partial charge < -0.3 is 4.90 Å². The van der Waals surface area contributed by atoms with Crippen molar-refractivity contribution in [1.29, 1.82) is 0 Å². The topological polar surface area (TPSA) is 33.2 Å². The van der Waals surface area contributed by atoms with E-state index < -0.39 is 0 Å². The van der Waals surface area contributed by atoms with Crippen molar-refractivity contribution in [2.75, 3.05) is 18.6 Å². The van der Waals surface area contributed by atoms with Crippen LogP contribution in [0.4, 0.5) is 0 Å². The molecule has 3 nitrogen and oxygen atoms in total. The monoisotopic (exact) mass is 300 g/mol. The number of nitrogens with zero attached hydrogens (tertiary/aromatic N) is 2. The van der Waals surface area contributed by atoms with Crippen LogP contribution in [0.15, 0.2) is 22.9 Å². The number of rotatable bonds is 2. The van der Waals surface area contributed by atoms with Crippen LogP contribution in [0, 0.1) is 0 Å². The Hall–Kier alpha value is -0.550. The van der Waals surface area contributed by atoms with Gasteiger partial charge in [0.15, 0.2) is 0 Å². The van der Waals surface area contributed by atoms with Gasteiger partial charge in [0, 0.05) is 25.0 Å². The molecule has 1 fully saturated rings. The molecule has 0 saturated carbocycles. The SMILES string of the molecule is CN(C(=O)c1ccc(Br)nc1)C1CCSC1. The van der Waals surface area contributed by atoms with Crippen LogP contribution in [0.1, 0.15) is 16.8 Å². The van der Waals surface area contributed by atoms with Crippen molar-refractivity contribution >= 4 is 33.6 Å². The van der Waals surface area contributed by atoms with Gasteiger partial charge in [-0.25, -0.2) is 4.98 Å². The fraction of sp³-hybridized carbons (Fsp3) is 0.455. The summed E-state index contributed by atoms with van der Waals surface area (Å²) < 4.78 is 0.753. The smallest absolute Gasteiger partial charge is 0.255 e. The molecular weight excluding hydrogens is 288 g/mol.